The highest BCUT2D eigenvalue weighted by Crippen LogP contribution is 2.56. The molecular weight excluding hydrogens is 384 g/mol. The fourth-order valence-corrected chi connectivity index (χ4v) is 5.17. The van der Waals surface area contributed by atoms with E-state index in [0.29, 0.717) is 5.56 Å². The molecule has 0 radical (unpaired) electrons. The highest BCUT2D eigenvalue weighted by molar-refractivity contribution is 5.86. The zero-order valence-electron chi connectivity index (χ0n) is 22.5. The van der Waals surface area contributed by atoms with Crippen molar-refractivity contribution in [3.05, 3.63) is 167 Å². The normalized spacial score (nSPS) is 15.6. The van der Waals surface area contributed by atoms with Crippen LogP contribution in [0.1, 0.15) is 40.2 Å². The van der Waals surface area contributed by atoms with Crippen LogP contribution in [0.4, 0.5) is 0 Å². The molecule has 0 heteroatoms. The maximum absolute atomic E-state index is 8.42. The summed E-state index contributed by atoms with van der Waals surface area (Å²) in [7, 11) is 0. The number of rotatable bonds is 4. The summed E-state index contributed by atoms with van der Waals surface area (Å²) in [5.74, 6) is 0. The van der Waals surface area contributed by atoms with Crippen molar-refractivity contribution in [1.82, 2.24) is 0 Å². The van der Waals surface area contributed by atoms with Crippen LogP contribution in [-0.2, 0) is 11.8 Å². The second kappa shape index (κ2) is 7.66. The summed E-state index contributed by atoms with van der Waals surface area (Å²) >= 11 is 0. The van der Waals surface area contributed by atoms with Gasteiger partial charge in [0.25, 0.3) is 0 Å². The van der Waals surface area contributed by atoms with Gasteiger partial charge in [-0.15, -0.1) is 0 Å². The lowest BCUT2D eigenvalue weighted by Gasteiger charge is -2.34. The molecule has 152 valence electrons. The monoisotopic (exact) mass is 413 g/mol. The van der Waals surface area contributed by atoms with Crippen LogP contribution in [0.15, 0.2) is 133 Å². The van der Waals surface area contributed by atoms with Gasteiger partial charge < -0.3 is 0 Å². The summed E-state index contributed by atoms with van der Waals surface area (Å²) in [5.41, 5.74) is 7.67. The minimum atomic E-state index is -0.537. The van der Waals surface area contributed by atoms with Gasteiger partial charge in [-0.05, 0) is 50.9 Å². The molecule has 0 atom stereocenters. The molecular formula is C32H24. The Labute approximate surface area is 196 Å². The fourth-order valence-electron chi connectivity index (χ4n) is 5.17. The van der Waals surface area contributed by atoms with E-state index in [1.165, 1.54) is 11.1 Å². The quantitative estimate of drug-likeness (QED) is 0.278. The molecule has 0 N–H and O–H groups in total. The molecule has 0 aromatic heterocycles. The molecule has 0 fully saturated rings. The van der Waals surface area contributed by atoms with E-state index in [-0.39, 0.29) is 36.6 Å². The largest absolute Gasteiger partial charge is 0.0713 e. The molecule has 0 nitrogen and oxygen atoms in total. The molecule has 32 heavy (non-hydrogen) atoms. The van der Waals surface area contributed by atoms with Gasteiger partial charge in [-0.2, -0.15) is 0 Å². The zero-order chi connectivity index (χ0) is 25.7. The van der Waals surface area contributed by atoms with Crippen LogP contribution in [0.5, 0.6) is 0 Å². The van der Waals surface area contributed by atoms with Gasteiger partial charge in [0.2, 0.25) is 0 Å². The van der Waals surface area contributed by atoms with Crippen LogP contribution in [-0.4, -0.2) is 0 Å². The van der Waals surface area contributed by atoms with Gasteiger partial charge in [-0.3, -0.25) is 0 Å². The molecule has 0 bridgehead atoms. The van der Waals surface area contributed by atoms with Crippen LogP contribution in [0.3, 0.4) is 0 Å². The van der Waals surface area contributed by atoms with Gasteiger partial charge in [-0.1, -0.05) is 133 Å². The molecule has 0 saturated carbocycles. The highest BCUT2D eigenvalue weighted by atomic mass is 14.5. The maximum Gasteiger partial charge on any atom is 0.0713 e. The predicted octanol–water partition coefficient (Wildman–Crippen LogP) is 7.64. The van der Waals surface area contributed by atoms with Crippen molar-refractivity contribution in [2.45, 2.75) is 11.8 Å². The molecule has 5 aromatic rings. The van der Waals surface area contributed by atoms with E-state index in [1.807, 2.05) is 18.2 Å². The Hall–Kier alpha value is -3.90. The van der Waals surface area contributed by atoms with E-state index >= 15 is 0 Å². The highest BCUT2D eigenvalue weighted by Gasteiger charge is 2.45. The Morgan fingerprint density at radius 3 is 1.81 bits per heavy atom. The van der Waals surface area contributed by atoms with E-state index in [9.17, 15) is 0 Å². The van der Waals surface area contributed by atoms with Gasteiger partial charge in [0.05, 0.1) is 12.3 Å². The molecule has 0 amide bonds. The average molecular weight is 414 g/mol. The first kappa shape index (κ1) is 14.2. The molecule has 0 spiro atoms. The van der Waals surface area contributed by atoms with Gasteiger partial charge in [0.1, 0.15) is 0 Å². The third-order valence-corrected chi connectivity index (χ3v) is 6.46. The van der Waals surface area contributed by atoms with Crippen molar-refractivity contribution in [3.63, 3.8) is 0 Å². The molecule has 0 aliphatic heterocycles. The Bertz CT molecular complexity index is 1570. The van der Waals surface area contributed by atoms with E-state index in [0.717, 1.165) is 27.8 Å². The molecule has 1 aliphatic rings. The Kier molecular flexibility index (Phi) is 3.40. The molecule has 6 rings (SSSR count). The summed E-state index contributed by atoms with van der Waals surface area (Å²) in [6.07, 6.45) is 0.249. The standard InChI is InChI=1S/C32H24/c1-4-12-24(13-5-1)22-25-20-21-29-28-18-10-11-19-30(28)32(31(29)23-25,26-14-6-2-7-15-26)27-16-8-3-9-17-27/h1-21,23H,22H2/i1D,4D,5D,12D,13D. The second-order valence-electron chi connectivity index (χ2n) is 8.19. The van der Waals surface area contributed by atoms with Crippen molar-refractivity contribution in [2.75, 3.05) is 0 Å². The van der Waals surface area contributed by atoms with E-state index in [1.54, 1.807) is 0 Å². The number of benzene rings is 5. The summed E-state index contributed by atoms with van der Waals surface area (Å²) < 4.78 is 41.0. The number of hydrogen-bond acceptors (Lipinski definition) is 0. The van der Waals surface area contributed by atoms with Crippen molar-refractivity contribution < 1.29 is 6.85 Å². The van der Waals surface area contributed by atoms with Crippen molar-refractivity contribution >= 4 is 0 Å². The lowest BCUT2D eigenvalue weighted by Crippen LogP contribution is -2.28. The van der Waals surface area contributed by atoms with Crippen molar-refractivity contribution in [2.24, 2.45) is 0 Å². The second-order valence-corrected chi connectivity index (χ2v) is 8.19. The SMILES string of the molecule is [2H]c1c([2H])c([2H])c(Cc2ccc3c(c2)C(c2ccccc2)(c2ccccc2)c2ccccc2-3)c([2H])c1[2H]. The minimum Gasteiger partial charge on any atom is -0.0622 e. The number of hydrogen-bond donors (Lipinski definition) is 0. The first-order valence-corrected chi connectivity index (χ1v) is 10.8. The summed E-state index contributed by atoms with van der Waals surface area (Å²) in [4.78, 5) is 0. The maximum atomic E-state index is 8.42. The van der Waals surface area contributed by atoms with Crippen LogP contribution in [0, 0.1) is 0 Å². The molecule has 0 heterocycles. The van der Waals surface area contributed by atoms with Crippen molar-refractivity contribution in [1.29, 1.82) is 0 Å². The molecule has 0 unspecified atom stereocenters. The first-order chi connectivity index (χ1) is 17.9. The van der Waals surface area contributed by atoms with Crippen LogP contribution < -0.4 is 0 Å². The average Bonchev–Trinajstić information content (AvgIpc) is 3.24. The Morgan fingerprint density at radius 2 is 1.12 bits per heavy atom. The van der Waals surface area contributed by atoms with Gasteiger partial charge in [0.15, 0.2) is 0 Å². The third-order valence-electron chi connectivity index (χ3n) is 6.46. The number of fused-ring (bicyclic) bond motifs is 3. The molecule has 1 aliphatic carbocycles. The smallest absolute Gasteiger partial charge is 0.0622 e. The summed E-state index contributed by atoms with van der Waals surface area (Å²) in [6.45, 7) is 0. The lowest BCUT2D eigenvalue weighted by atomic mass is 9.67. The van der Waals surface area contributed by atoms with Gasteiger partial charge >= 0.3 is 0 Å². The van der Waals surface area contributed by atoms with Crippen molar-refractivity contribution in [3.8, 4) is 11.1 Å². The summed E-state index contributed by atoms with van der Waals surface area (Å²) in [6, 6.07) is 34.5. The van der Waals surface area contributed by atoms with E-state index < -0.39 is 5.41 Å². The van der Waals surface area contributed by atoms with Gasteiger partial charge in [-0.25, -0.2) is 0 Å². The van der Waals surface area contributed by atoms with Crippen LogP contribution in [0.25, 0.3) is 11.1 Å². The molecule has 0 saturated heterocycles. The summed E-state index contributed by atoms with van der Waals surface area (Å²) in [5, 5.41) is 0. The fraction of sp³-hybridized carbons (Fsp3) is 0.0625. The van der Waals surface area contributed by atoms with Crippen LogP contribution >= 0.6 is 0 Å². The Balaban J connectivity index is 1.62. The Morgan fingerprint density at radius 1 is 0.531 bits per heavy atom. The van der Waals surface area contributed by atoms with E-state index in [2.05, 4.69) is 84.9 Å². The van der Waals surface area contributed by atoms with Gasteiger partial charge in [0, 0.05) is 0 Å². The zero-order valence-corrected chi connectivity index (χ0v) is 17.5. The van der Waals surface area contributed by atoms with E-state index in [4.69, 9.17) is 6.85 Å². The minimum absolute atomic E-state index is 0.146. The topological polar surface area (TPSA) is 0 Å². The first-order valence-electron chi connectivity index (χ1n) is 13.3. The third kappa shape index (κ3) is 2.84. The predicted molar refractivity (Wildman–Crippen MR) is 133 cm³/mol. The lowest BCUT2D eigenvalue weighted by molar-refractivity contribution is 0.767. The molecule has 5 aromatic carbocycles. The van der Waals surface area contributed by atoms with Crippen LogP contribution in [0.2, 0.25) is 0 Å².